The fourth-order valence-electron chi connectivity index (χ4n) is 4.80. The van der Waals surface area contributed by atoms with E-state index in [0.717, 1.165) is 28.0 Å². The summed E-state index contributed by atoms with van der Waals surface area (Å²) in [5, 5.41) is 6.09. The molecule has 3 nitrogen and oxygen atoms in total. The lowest BCUT2D eigenvalue weighted by Crippen LogP contribution is -1.95. The molecule has 154 valence electrons. The molecule has 2 aromatic heterocycles. The zero-order chi connectivity index (χ0) is 21.8. The van der Waals surface area contributed by atoms with Gasteiger partial charge in [-0.25, -0.2) is 9.97 Å². The van der Waals surface area contributed by atoms with Crippen LogP contribution < -0.4 is 0 Å². The first kappa shape index (κ1) is 18.1. The molecule has 0 fully saturated rings. The maximum atomic E-state index is 4.75. The predicted molar refractivity (Wildman–Crippen MR) is 137 cm³/mol. The summed E-state index contributed by atoms with van der Waals surface area (Å²) in [7, 11) is 0. The summed E-state index contributed by atoms with van der Waals surface area (Å²) in [6.45, 7) is 0. The Morgan fingerprint density at radius 2 is 1.24 bits per heavy atom. The molecule has 0 aliphatic carbocycles. The van der Waals surface area contributed by atoms with Crippen LogP contribution in [-0.2, 0) is 0 Å². The van der Waals surface area contributed by atoms with Crippen molar-refractivity contribution in [1.29, 1.82) is 0 Å². The minimum Gasteiger partial charge on any atom is -0.309 e. The summed E-state index contributed by atoms with van der Waals surface area (Å²) < 4.78 is 2.35. The molecule has 7 rings (SSSR count). The molecule has 2 heterocycles. The second-order valence-electron chi connectivity index (χ2n) is 8.37. The van der Waals surface area contributed by atoms with Crippen molar-refractivity contribution in [3.63, 3.8) is 0 Å². The Labute approximate surface area is 190 Å². The molecule has 0 saturated heterocycles. The predicted octanol–water partition coefficient (Wildman–Crippen LogP) is 7.55. The van der Waals surface area contributed by atoms with Gasteiger partial charge >= 0.3 is 0 Å². The van der Waals surface area contributed by atoms with Crippen LogP contribution in [0, 0.1) is 0 Å². The molecular formula is C30H19N3. The highest BCUT2D eigenvalue weighted by atomic mass is 15.0. The summed E-state index contributed by atoms with van der Waals surface area (Å²) in [6, 6.07) is 38.4. The van der Waals surface area contributed by atoms with E-state index in [4.69, 9.17) is 4.98 Å². The number of rotatable bonds is 2. The van der Waals surface area contributed by atoms with Gasteiger partial charge in [0.15, 0.2) is 5.82 Å². The van der Waals surface area contributed by atoms with Crippen molar-refractivity contribution in [1.82, 2.24) is 14.5 Å². The average Bonchev–Trinajstić information content (AvgIpc) is 3.20. The van der Waals surface area contributed by atoms with E-state index < -0.39 is 0 Å². The van der Waals surface area contributed by atoms with Gasteiger partial charge < -0.3 is 4.57 Å². The third kappa shape index (κ3) is 2.83. The maximum absolute atomic E-state index is 4.75. The number of hydrogen-bond acceptors (Lipinski definition) is 2. The minimum absolute atomic E-state index is 0.744. The van der Waals surface area contributed by atoms with E-state index in [1.165, 1.54) is 32.6 Å². The highest BCUT2D eigenvalue weighted by Gasteiger charge is 2.13. The molecule has 33 heavy (non-hydrogen) atoms. The zero-order valence-electron chi connectivity index (χ0n) is 17.8. The van der Waals surface area contributed by atoms with Crippen molar-refractivity contribution in [2.24, 2.45) is 0 Å². The SMILES string of the molecule is c1ccc2cc3c(cc2c1)c1ccccc1n3-c1ccc(-c2ncc3ccccc3n2)cc1. The van der Waals surface area contributed by atoms with E-state index in [2.05, 4.69) is 94.5 Å². The van der Waals surface area contributed by atoms with Crippen molar-refractivity contribution in [3.05, 3.63) is 115 Å². The topological polar surface area (TPSA) is 30.7 Å². The van der Waals surface area contributed by atoms with E-state index in [9.17, 15) is 0 Å². The molecule has 0 saturated carbocycles. The minimum atomic E-state index is 0.744. The highest BCUT2D eigenvalue weighted by molar-refractivity contribution is 6.13. The second-order valence-corrected chi connectivity index (χ2v) is 8.37. The molecular weight excluding hydrogens is 402 g/mol. The van der Waals surface area contributed by atoms with E-state index in [-0.39, 0.29) is 0 Å². The van der Waals surface area contributed by atoms with Gasteiger partial charge in [-0.05, 0) is 59.3 Å². The van der Waals surface area contributed by atoms with Crippen LogP contribution >= 0.6 is 0 Å². The van der Waals surface area contributed by atoms with E-state index in [1.807, 2.05) is 30.5 Å². The smallest absolute Gasteiger partial charge is 0.159 e. The number of fused-ring (bicyclic) bond motifs is 5. The van der Waals surface area contributed by atoms with E-state index >= 15 is 0 Å². The van der Waals surface area contributed by atoms with Crippen molar-refractivity contribution in [2.45, 2.75) is 0 Å². The van der Waals surface area contributed by atoms with Crippen molar-refractivity contribution in [3.8, 4) is 17.1 Å². The summed E-state index contributed by atoms with van der Waals surface area (Å²) in [5.74, 6) is 0.744. The van der Waals surface area contributed by atoms with Crippen LogP contribution in [-0.4, -0.2) is 14.5 Å². The first-order chi connectivity index (χ1) is 16.3. The van der Waals surface area contributed by atoms with Gasteiger partial charge in [-0.1, -0.05) is 60.7 Å². The van der Waals surface area contributed by atoms with Gasteiger partial charge in [0.25, 0.3) is 0 Å². The van der Waals surface area contributed by atoms with Gasteiger partial charge in [0, 0.05) is 33.6 Å². The Hall–Kier alpha value is -4.50. The molecule has 3 heteroatoms. The lowest BCUT2D eigenvalue weighted by molar-refractivity contribution is 1.17. The van der Waals surface area contributed by atoms with Crippen LogP contribution in [0.2, 0.25) is 0 Å². The molecule has 0 N–H and O–H groups in total. The number of para-hydroxylation sites is 2. The van der Waals surface area contributed by atoms with Gasteiger partial charge in [0.2, 0.25) is 0 Å². The third-order valence-corrected chi connectivity index (χ3v) is 6.41. The Morgan fingerprint density at radius 3 is 2.09 bits per heavy atom. The Balaban J connectivity index is 1.42. The van der Waals surface area contributed by atoms with E-state index in [1.54, 1.807) is 0 Å². The number of hydrogen-bond donors (Lipinski definition) is 0. The molecule has 0 unspecified atom stereocenters. The highest BCUT2D eigenvalue weighted by Crippen LogP contribution is 2.35. The average molecular weight is 422 g/mol. The number of benzene rings is 5. The normalized spacial score (nSPS) is 11.6. The van der Waals surface area contributed by atoms with Crippen LogP contribution in [0.4, 0.5) is 0 Å². The van der Waals surface area contributed by atoms with E-state index in [0.29, 0.717) is 0 Å². The molecule has 0 atom stereocenters. The van der Waals surface area contributed by atoms with Gasteiger partial charge in [-0.3, -0.25) is 0 Å². The van der Waals surface area contributed by atoms with Crippen molar-refractivity contribution >= 4 is 43.5 Å². The largest absolute Gasteiger partial charge is 0.309 e. The monoisotopic (exact) mass is 421 g/mol. The fraction of sp³-hybridized carbons (Fsp3) is 0. The van der Waals surface area contributed by atoms with Gasteiger partial charge in [-0.2, -0.15) is 0 Å². The molecule has 7 aromatic rings. The molecule has 0 bridgehead atoms. The number of nitrogens with zero attached hydrogens (tertiary/aromatic N) is 3. The Kier molecular flexibility index (Phi) is 3.84. The lowest BCUT2D eigenvalue weighted by atomic mass is 10.1. The summed E-state index contributed by atoms with van der Waals surface area (Å²) >= 11 is 0. The van der Waals surface area contributed by atoms with Crippen molar-refractivity contribution < 1.29 is 0 Å². The van der Waals surface area contributed by atoms with Gasteiger partial charge in [0.1, 0.15) is 0 Å². The van der Waals surface area contributed by atoms with Crippen molar-refractivity contribution in [2.75, 3.05) is 0 Å². The van der Waals surface area contributed by atoms with Gasteiger partial charge in [-0.15, -0.1) is 0 Å². The molecule has 5 aromatic carbocycles. The van der Waals surface area contributed by atoms with Crippen LogP contribution in [0.3, 0.4) is 0 Å². The molecule has 0 aliphatic heterocycles. The fourth-order valence-corrected chi connectivity index (χ4v) is 4.80. The van der Waals surface area contributed by atoms with Crippen LogP contribution in [0.15, 0.2) is 115 Å². The Bertz CT molecular complexity index is 1810. The first-order valence-electron chi connectivity index (χ1n) is 11.1. The molecule has 0 aliphatic rings. The molecule has 0 radical (unpaired) electrons. The number of aromatic nitrogens is 3. The standard InChI is InChI=1S/C30H19N3/c1-2-8-22-18-29-26(17-21(22)7-1)25-10-4-6-12-28(25)33(29)24-15-13-20(14-16-24)30-31-19-23-9-3-5-11-27(23)32-30/h1-19H. The van der Waals surface area contributed by atoms with Gasteiger partial charge in [0.05, 0.1) is 16.6 Å². The van der Waals surface area contributed by atoms with Crippen LogP contribution in [0.25, 0.3) is 60.6 Å². The maximum Gasteiger partial charge on any atom is 0.159 e. The summed E-state index contributed by atoms with van der Waals surface area (Å²) in [6.07, 6.45) is 1.89. The quantitative estimate of drug-likeness (QED) is 0.289. The summed E-state index contributed by atoms with van der Waals surface area (Å²) in [4.78, 5) is 9.34. The second kappa shape index (κ2) is 7.01. The first-order valence-corrected chi connectivity index (χ1v) is 11.1. The van der Waals surface area contributed by atoms with Crippen LogP contribution in [0.5, 0.6) is 0 Å². The lowest BCUT2D eigenvalue weighted by Gasteiger charge is -2.10. The molecule has 0 amide bonds. The van der Waals surface area contributed by atoms with Crippen LogP contribution in [0.1, 0.15) is 0 Å². The molecule has 0 spiro atoms. The summed E-state index contributed by atoms with van der Waals surface area (Å²) in [5.41, 5.74) is 5.51. The Morgan fingerprint density at radius 1 is 0.545 bits per heavy atom. The zero-order valence-corrected chi connectivity index (χ0v) is 17.8. The third-order valence-electron chi connectivity index (χ3n) is 6.41.